The van der Waals surface area contributed by atoms with Gasteiger partial charge in [0.1, 0.15) is 0 Å². The van der Waals surface area contributed by atoms with E-state index in [1.807, 2.05) is 0 Å². The largest absolute Gasteiger partial charge is 0.461 e. The standard InChI is InChI=1S/C18H13F4N3O2/c19-11-6-12(20)16(22)10(15(11)21)8-25-4-3-13-9(7-25)18(26)24-17(23-13)14-2-1-5-27-14/h1-2,5-6H,3-4,7-8H2,(H,23,24,26). The first-order chi connectivity index (χ1) is 12.9. The zero-order chi connectivity index (χ0) is 19.1. The van der Waals surface area contributed by atoms with Gasteiger partial charge in [0.25, 0.3) is 5.56 Å². The van der Waals surface area contributed by atoms with Crippen LogP contribution >= 0.6 is 0 Å². The second-order valence-corrected chi connectivity index (χ2v) is 6.22. The molecule has 0 saturated carbocycles. The van der Waals surface area contributed by atoms with E-state index < -0.39 is 34.4 Å². The van der Waals surface area contributed by atoms with Crippen LogP contribution in [-0.2, 0) is 19.5 Å². The first kappa shape index (κ1) is 17.5. The molecule has 0 atom stereocenters. The van der Waals surface area contributed by atoms with Crippen LogP contribution in [0.1, 0.15) is 16.8 Å². The fourth-order valence-electron chi connectivity index (χ4n) is 3.13. The highest BCUT2D eigenvalue weighted by atomic mass is 19.2. The van der Waals surface area contributed by atoms with Gasteiger partial charge in [0.05, 0.1) is 17.5 Å². The fourth-order valence-corrected chi connectivity index (χ4v) is 3.13. The second kappa shape index (κ2) is 6.66. The number of halogens is 4. The summed E-state index contributed by atoms with van der Waals surface area (Å²) in [4.78, 5) is 20.9. The molecule has 1 aliphatic rings. The van der Waals surface area contributed by atoms with Crippen molar-refractivity contribution in [3.05, 3.63) is 74.9 Å². The average Bonchev–Trinajstić information content (AvgIpc) is 3.18. The lowest BCUT2D eigenvalue weighted by atomic mass is 10.1. The molecular weight excluding hydrogens is 366 g/mol. The third-order valence-electron chi connectivity index (χ3n) is 4.49. The molecule has 0 amide bonds. The van der Waals surface area contributed by atoms with E-state index in [0.29, 0.717) is 35.8 Å². The quantitative estimate of drug-likeness (QED) is 0.561. The number of nitrogens with zero attached hydrogens (tertiary/aromatic N) is 2. The molecule has 0 aliphatic carbocycles. The van der Waals surface area contributed by atoms with E-state index in [2.05, 4.69) is 9.97 Å². The van der Waals surface area contributed by atoms with E-state index in [9.17, 15) is 22.4 Å². The molecular formula is C18H13F4N3O2. The van der Waals surface area contributed by atoms with Gasteiger partial charge in [-0.3, -0.25) is 9.69 Å². The predicted octanol–water partition coefficient (Wildman–Crippen LogP) is 3.14. The third kappa shape index (κ3) is 3.14. The SMILES string of the molecule is O=c1[nH]c(-c2ccco2)nc2c1CN(Cc1c(F)c(F)cc(F)c1F)CC2. The van der Waals surface area contributed by atoms with Crippen molar-refractivity contribution in [1.29, 1.82) is 0 Å². The number of fused-ring (bicyclic) bond motifs is 1. The lowest BCUT2D eigenvalue weighted by Gasteiger charge is -2.28. The number of hydrogen-bond donors (Lipinski definition) is 1. The average molecular weight is 379 g/mol. The van der Waals surface area contributed by atoms with Crippen molar-refractivity contribution in [2.24, 2.45) is 0 Å². The molecule has 3 aromatic rings. The minimum Gasteiger partial charge on any atom is -0.461 e. The summed E-state index contributed by atoms with van der Waals surface area (Å²) in [5.74, 6) is -5.06. The molecule has 1 aliphatic heterocycles. The van der Waals surface area contributed by atoms with Crippen molar-refractivity contribution in [3.8, 4) is 11.6 Å². The Hall–Kier alpha value is -2.94. The number of aromatic amines is 1. The molecule has 1 aromatic carbocycles. The molecule has 9 heteroatoms. The summed E-state index contributed by atoms with van der Waals surface area (Å²) in [7, 11) is 0. The molecule has 4 rings (SSSR count). The summed E-state index contributed by atoms with van der Waals surface area (Å²) >= 11 is 0. The maximum Gasteiger partial charge on any atom is 0.256 e. The van der Waals surface area contributed by atoms with E-state index in [-0.39, 0.29) is 19.2 Å². The molecule has 0 radical (unpaired) electrons. The molecule has 2 aromatic heterocycles. The van der Waals surface area contributed by atoms with Crippen LogP contribution in [-0.4, -0.2) is 21.4 Å². The van der Waals surface area contributed by atoms with Gasteiger partial charge >= 0.3 is 0 Å². The zero-order valence-corrected chi connectivity index (χ0v) is 13.9. The molecule has 0 spiro atoms. The Balaban J connectivity index is 1.62. The number of furan rings is 1. The van der Waals surface area contributed by atoms with Crippen LogP contribution in [0.2, 0.25) is 0 Å². The van der Waals surface area contributed by atoms with E-state index in [1.165, 1.54) is 11.2 Å². The fraction of sp³-hybridized carbons (Fsp3) is 0.222. The van der Waals surface area contributed by atoms with Gasteiger partial charge < -0.3 is 9.40 Å². The Morgan fingerprint density at radius 3 is 2.59 bits per heavy atom. The van der Waals surface area contributed by atoms with Crippen molar-refractivity contribution in [1.82, 2.24) is 14.9 Å². The highest BCUT2D eigenvalue weighted by Gasteiger charge is 2.26. The van der Waals surface area contributed by atoms with Gasteiger partial charge in [-0.1, -0.05) is 0 Å². The lowest BCUT2D eigenvalue weighted by molar-refractivity contribution is 0.232. The molecule has 27 heavy (non-hydrogen) atoms. The second-order valence-electron chi connectivity index (χ2n) is 6.22. The lowest BCUT2D eigenvalue weighted by Crippen LogP contribution is -2.36. The summed E-state index contributed by atoms with van der Waals surface area (Å²) in [6, 6.07) is 3.49. The van der Waals surface area contributed by atoms with Crippen molar-refractivity contribution in [3.63, 3.8) is 0 Å². The van der Waals surface area contributed by atoms with Crippen molar-refractivity contribution >= 4 is 0 Å². The minimum atomic E-state index is -1.45. The van der Waals surface area contributed by atoms with Crippen molar-refractivity contribution < 1.29 is 22.0 Å². The van der Waals surface area contributed by atoms with Gasteiger partial charge in [0.15, 0.2) is 34.9 Å². The van der Waals surface area contributed by atoms with Crippen LogP contribution in [0.4, 0.5) is 17.6 Å². The molecule has 0 unspecified atom stereocenters. The van der Waals surface area contributed by atoms with Gasteiger partial charge in [-0.25, -0.2) is 22.5 Å². The van der Waals surface area contributed by atoms with Crippen LogP contribution in [0.25, 0.3) is 11.6 Å². The smallest absolute Gasteiger partial charge is 0.256 e. The first-order valence-electron chi connectivity index (χ1n) is 8.14. The topological polar surface area (TPSA) is 62.1 Å². The highest BCUT2D eigenvalue weighted by Crippen LogP contribution is 2.24. The van der Waals surface area contributed by atoms with E-state index >= 15 is 0 Å². The number of nitrogens with one attached hydrogen (secondary N) is 1. The van der Waals surface area contributed by atoms with Gasteiger partial charge in [-0.15, -0.1) is 0 Å². The Morgan fingerprint density at radius 2 is 1.93 bits per heavy atom. The number of aromatic nitrogens is 2. The van der Waals surface area contributed by atoms with Crippen LogP contribution < -0.4 is 5.56 Å². The van der Waals surface area contributed by atoms with Crippen LogP contribution in [0.3, 0.4) is 0 Å². The monoisotopic (exact) mass is 379 g/mol. The van der Waals surface area contributed by atoms with Gasteiger partial charge in [-0.2, -0.15) is 0 Å². The van der Waals surface area contributed by atoms with Crippen LogP contribution in [0.15, 0.2) is 33.7 Å². The summed E-state index contributed by atoms with van der Waals surface area (Å²) in [6.45, 7) is -0.00363. The Morgan fingerprint density at radius 1 is 1.19 bits per heavy atom. The number of H-pyrrole nitrogens is 1. The zero-order valence-electron chi connectivity index (χ0n) is 13.9. The van der Waals surface area contributed by atoms with Gasteiger partial charge in [0.2, 0.25) is 0 Å². The summed E-state index contributed by atoms with van der Waals surface area (Å²) < 4.78 is 59.7. The third-order valence-corrected chi connectivity index (χ3v) is 4.49. The van der Waals surface area contributed by atoms with Gasteiger partial charge in [0, 0.05) is 37.7 Å². The summed E-state index contributed by atoms with van der Waals surface area (Å²) in [5.41, 5.74) is -0.211. The normalized spacial score (nSPS) is 14.4. The molecule has 3 heterocycles. The van der Waals surface area contributed by atoms with Crippen molar-refractivity contribution in [2.45, 2.75) is 19.5 Å². The molecule has 0 bridgehead atoms. The first-order valence-corrected chi connectivity index (χ1v) is 8.14. The van der Waals surface area contributed by atoms with Crippen molar-refractivity contribution in [2.75, 3.05) is 6.54 Å². The maximum atomic E-state index is 13.9. The van der Waals surface area contributed by atoms with E-state index in [4.69, 9.17) is 4.42 Å². The van der Waals surface area contributed by atoms with Gasteiger partial charge in [-0.05, 0) is 12.1 Å². The number of rotatable bonds is 3. The summed E-state index contributed by atoms with van der Waals surface area (Å²) in [6.07, 6.45) is 1.80. The van der Waals surface area contributed by atoms with E-state index in [1.54, 1.807) is 12.1 Å². The molecule has 0 fully saturated rings. The summed E-state index contributed by atoms with van der Waals surface area (Å²) in [5, 5.41) is 0. The highest BCUT2D eigenvalue weighted by molar-refractivity contribution is 5.47. The minimum absolute atomic E-state index is 0.0487. The Bertz CT molecular complexity index is 1040. The molecule has 5 nitrogen and oxygen atoms in total. The van der Waals surface area contributed by atoms with Crippen LogP contribution in [0.5, 0.6) is 0 Å². The number of hydrogen-bond acceptors (Lipinski definition) is 4. The van der Waals surface area contributed by atoms with E-state index in [0.717, 1.165) is 0 Å². The molecule has 0 saturated heterocycles. The Kier molecular flexibility index (Phi) is 4.31. The predicted molar refractivity (Wildman–Crippen MR) is 86.7 cm³/mol. The maximum absolute atomic E-state index is 13.9. The Labute approximate surface area is 150 Å². The molecule has 1 N–H and O–H groups in total. The number of benzene rings is 1. The molecule has 140 valence electrons. The van der Waals surface area contributed by atoms with Crippen LogP contribution in [0, 0.1) is 23.3 Å².